The molecule has 1 saturated heterocycles. The van der Waals surface area contributed by atoms with Gasteiger partial charge in [0.2, 0.25) is 0 Å². The highest BCUT2D eigenvalue weighted by Gasteiger charge is 2.29. The van der Waals surface area contributed by atoms with Crippen LogP contribution in [-0.2, 0) is 6.54 Å². The number of H-pyrrole nitrogens is 1. The molecule has 7 heteroatoms. The maximum Gasteiger partial charge on any atom is 0.263 e. The molecule has 3 heterocycles. The molecule has 0 aromatic carbocycles. The van der Waals surface area contributed by atoms with Crippen molar-refractivity contribution in [3.05, 3.63) is 46.2 Å². The SMILES string of the molecule is Cc1nccn1CCC1CCCCN1C(=O)c1cnc(C(C)C)[nH]c1=O. The van der Waals surface area contributed by atoms with Gasteiger partial charge in [-0.15, -0.1) is 0 Å². The van der Waals surface area contributed by atoms with Crippen LogP contribution in [0, 0.1) is 6.92 Å². The number of carbonyl (C=O) groups is 1. The maximum atomic E-state index is 13.0. The monoisotopic (exact) mass is 357 g/mol. The minimum absolute atomic E-state index is 0.119. The number of piperidine rings is 1. The summed E-state index contributed by atoms with van der Waals surface area (Å²) in [6.45, 7) is 7.40. The molecule has 2 aromatic rings. The first-order valence-electron chi connectivity index (χ1n) is 9.35. The molecule has 26 heavy (non-hydrogen) atoms. The minimum atomic E-state index is -0.344. The fourth-order valence-electron chi connectivity index (χ4n) is 3.51. The molecule has 1 aliphatic heterocycles. The summed E-state index contributed by atoms with van der Waals surface area (Å²) in [5, 5.41) is 0. The molecule has 1 fully saturated rings. The van der Waals surface area contributed by atoms with Crippen LogP contribution in [0.4, 0.5) is 0 Å². The Hall–Kier alpha value is -2.44. The van der Waals surface area contributed by atoms with Crippen LogP contribution in [0.3, 0.4) is 0 Å². The summed E-state index contributed by atoms with van der Waals surface area (Å²) in [5.41, 5.74) is -0.205. The van der Waals surface area contributed by atoms with E-state index in [0.29, 0.717) is 12.4 Å². The molecule has 3 rings (SSSR count). The van der Waals surface area contributed by atoms with E-state index in [1.165, 1.54) is 6.20 Å². The molecular weight excluding hydrogens is 330 g/mol. The van der Waals surface area contributed by atoms with Crippen LogP contribution in [0.15, 0.2) is 23.4 Å². The first kappa shape index (κ1) is 18.4. The largest absolute Gasteiger partial charge is 0.335 e. The fraction of sp³-hybridized carbons (Fsp3) is 0.579. The zero-order valence-electron chi connectivity index (χ0n) is 15.7. The Bertz CT molecular complexity index is 823. The quantitative estimate of drug-likeness (QED) is 0.891. The number of rotatable bonds is 5. The summed E-state index contributed by atoms with van der Waals surface area (Å²) < 4.78 is 2.10. The van der Waals surface area contributed by atoms with Crippen LogP contribution in [0.1, 0.15) is 67.5 Å². The number of likely N-dealkylation sites (tertiary alicyclic amines) is 1. The third kappa shape index (κ3) is 3.86. The summed E-state index contributed by atoms with van der Waals surface area (Å²) in [4.78, 5) is 38.5. The molecule has 0 aliphatic carbocycles. The lowest BCUT2D eigenvalue weighted by atomic mass is 9.98. The van der Waals surface area contributed by atoms with Crippen LogP contribution >= 0.6 is 0 Å². The molecule has 1 amide bonds. The van der Waals surface area contributed by atoms with Crippen molar-refractivity contribution in [2.24, 2.45) is 0 Å². The highest BCUT2D eigenvalue weighted by molar-refractivity contribution is 5.93. The molecule has 0 saturated carbocycles. The second kappa shape index (κ2) is 7.85. The third-order valence-corrected chi connectivity index (χ3v) is 5.11. The molecule has 1 N–H and O–H groups in total. The number of aromatic amines is 1. The first-order chi connectivity index (χ1) is 12.5. The number of hydrogen-bond donors (Lipinski definition) is 1. The Morgan fingerprint density at radius 2 is 2.15 bits per heavy atom. The van der Waals surface area contributed by atoms with Gasteiger partial charge in [0.1, 0.15) is 17.2 Å². The van der Waals surface area contributed by atoms with E-state index < -0.39 is 0 Å². The topological polar surface area (TPSA) is 83.9 Å². The van der Waals surface area contributed by atoms with Gasteiger partial charge in [0.25, 0.3) is 11.5 Å². The smallest absolute Gasteiger partial charge is 0.263 e. The van der Waals surface area contributed by atoms with Crippen molar-refractivity contribution in [1.29, 1.82) is 0 Å². The van der Waals surface area contributed by atoms with E-state index in [0.717, 1.165) is 38.1 Å². The number of imidazole rings is 1. The number of aromatic nitrogens is 4. The predicted molar refractivity (Wildman–Crippen MR) is 99.2 cm³/mol. The number of aryl methyl sites for hydroxylation is 2. The predicted octanol–water partition coefficient (Wildman–Crippen LogP) is 2.48. The standard InChI is InChI=1S/C19H27N5O2/c1-13(2)17-21-12-16(18(25)22-17)19(26)24-9-5-4-6-15(24)7-10-23-11-8-20-14(23)3/h8,11-13,15H,4-7,9-10H2,1-3H3,(H,21,22,25). The van der Waals surface area contributed by atoms with Crippen LogP contribution in [-0.4, -0.2) is 42.9 Å². The molecule has 0 spiro atoms. The Kier molecular flexibility index (Phi) is 5.54. The highest BCUT2D eigenvalue weighted by Crippen LogP contribution is 2.22. The van der Waals surface area contributed by atoms with Crippen molar-refractivity contribution in [2.75, 3.05) is 6.54 Å². The average molecular weight is 357 g/mol. The Morgan fingerprint density at radius 3 is 2.81 bits per heavy atom. The van der Waals surface area contributed by atoms with Crippen LogP contribution in [0.2, 0.25) is 0 Å². The molecule has 0 bridgehead atoms. The van der Waals surface area contributed by atoms with E-state index in [-0.39, 0.29) is 29.0 Å². The summed E-state index contributed by atoms with van der Waals surface area (Å²) >= 11 is 0. The summed E-state index contributed by atoms with van der Waals surface area (Å²) in [5.74, 6) is 1.50. The fourth-order valence-corrected chi connectivity index (χ4v) is 3.51. The number of nitrogens with one attached hydrogen (secondary N) is 1. The number of carbonyl (C=O) groups excluding carboxylic acids is 1. The van der Waals surface area contributed by atoms with Crippen molar-refractivity contribution in [2.45, 2.75) is 65.0 Å². The summed E-state index contributed by atoms with van der Waals surface area (Å²) in [7, 11) is 0. The summed E-state index contributed by atoms with van der Waals surface area (Å²) in [6, 6.07) is 0.141. The van der Waals surface area contributed by atoms with Gasteiger partial charge in [0, 0.05) is 43.6 Å². The molecule has 1 unspecified atom stereocenters. The van der Waals surface area contributed by atoms with Gasteiger partial charge in [-0.3, -0.25) is 9.59 Å². The normalized spacial score (nSPS) is 17.7. The van der Waals surface area contributed by atoms with E-state index >= 15 is 0 Å². The number of hydrogen-bond acceptors (Lipinski definition) is 4. The van der Waals surface area contributed by atoms with E-state index in [1.54, 1.807) is 6.20 Å². The minimum Gasteiger partial charge on any atom is -0.335 e. The Labute approximate surface area is 153 Å². The van der Waals surface area contributed by atoms with Gasteiger partial charge in [0.05, 0.1) is 0 Å². The van der Waals surface area contributed by atoms with Crippen LogP contribution < -0.4 is 5.56 Å². The molecule has 0 radical (unpaired) electrons. The molecule has 140 valence electrons. The number of amides is 1. The number of nitrogens with zero attached hydrogens (tertiary/aromatic N) is 4. The second-order valence-electron chi connectivity index (χ2n) is 7.27. The van der Waals surface area contributed by atoms with E-state index in [1.807, 2.05) is 31.9 Å². The first-order valence-corrected chi connectivity index (χ1v) is 9.35. The van der Waals surface area contributed by atoms with Gasteiger partial charge >= 0.3 is 0 Å². The lowest BCUT2D eigenvalue weighted by Gasteiger charge is -2.36. The zero-order chi connectivity index (χ0) is 18.7. The summed E-state index contributed by atoms with van der Waals surface area (Å²) in [6.07, 6.45) is 9.10. The van der Waals surface area contributed by atoms with Crippen molar-refractivity contribution in [3.8, 4) is 0 Å². The third-order valence-electron chi connectivity index (χ3n) is 5.11. The van der Waals surface area contributed by atoms with Crippen molar-refractivity contribution >= 4 is 5.91 Å². The lowest BCUT2D eigenvalue weighted by Crippen LogP contribution is -2.45. The van der Waals surface area contributed by atoms with Crippen molar-refractivity contribution < 1.29 is 4.79 Å². The second-order valence-corrected chi connectivity index (χ2v) is 7.27. The van der Waals surface area contributed by atoms with Crippen LogP contribution in [0.5, 0.6) is 0 Å². The van der Waals surface area contributed by atoms with E-state index in [4.69, 9.17) is 0 Å². The zero-order valence-corrected chi connectivity index (χ0v) is 15.7. The Morgan fingerprint density at radius 1 is 1.35 bits per heavy atom. The molecule has 7 nitrogen and oxygen atoms in total. The van der Waals surface area contributed by atoms with Crippen molar-refractivity contribution in [3.63, 3.8) is 0 Å². The Balaban J connectivity index is 1.75. The van der Waals surface area contributed by atoms with Gasteiger partial charge in [0.15, 0.2) is 0 Å². The molecule has 1 aliphatic rings. The average Bonchev–Trinajstić information content (AvgIpc) is 3.04. The van der Waals surface area contributed by atoms with Gasteiger partial charge in [-0.05, 0) is 32.6 Å². The molecular formula is C19H27N5O2. The van der Waals surface area contributed by atoms with Gasteiger partial charge in [-0.25, -0.2) is 9.97 Å². The molecule has 1 atom stereocenters. The maximum absolute atomic E-state index is 13.0. The van der Waals surface area contributed by atoms with Gasteiger partial charge in [-0.1, -0.05) is 13.8 Å². The van der Waals surface area contributed by atoms with Crippen LogP contribution in [0.25, 0.3) is 0 Å². The van der Waals surface area contributed by atoms with E-state index in [9.17, 15) is 9.59 Å². The van der Waals surface area contributed by atoms with Gasteiger partial charge < -0.3 is 14.5 Å². The van der Waals surface area contributed by atoms with E-state index in [2.05, 4.69) is 19.5 Å². The lowest BCUT2D eigenvalue weighted by molar-refractivity contribution is 0.0593. The highest BCUT2D eigenvalue weighted by atomic mass is 16.2. The van der Waals surface area contributed by atoms with Gasteiger partial charge in [-0.2, -0.15) is 0 Å². The molecule has 2 aromatic heterocycles. The van der Waals surface area contributed by atoms with Crippen molar-refractivity contribution in [1.82, 2.24) is 24.4 Å².